The molecule has 2 amide bonds. The number of benzene rings is 1. The highest BCUT2D eigenvalue weighted by Gasteiger charge is 2.50. The van der Waals surface area contributed by atoms with E-state index in [0.717, 1.165) is 30.2 Å². The van der Waals surface area contributed by atoms with E-state index >= 15 is 0 Å². The predicted octanol–water partition coefficient (Wildman–Crippen LogP) is 1.16. The Balaban J connectivity index is 1.65. The molecule has 0 unspecified atom stereocenters. The zero-order chi connectivity index (χ0) is 23.8. The maximum atomic E-state index is 13.3. The Morgan fingerprint density at radius 1 is 1.09 bits per heavy atom. The number of carbonyl (C=O) groups excluding carboxylic acids is 3. The van der Waals surface area contributed by atoms with Gasteiger partial charge in [0.1, 0.15) is 11.6 Å². The van der Waals surface area contributed by atoms with Crippen LogP contribution in [0.5, 0.6) is 0 Å². The average Bonchev–Trinajstić information content (AvgIpc) is 3.56. The minimum Gasteiger partial charge on any atom is -0.361 e. The summed E-state index contributed by atoms with van der Waals surface area (Å²) < 4.78 is 5.33. The second-order valence-electron chi connectivity index (χ2n) is 9.32. The van der Waals surface area contributed by atoms with E-state index in [0.29, 0.717) is 19.4 Å². The molecule has 2 heterocycles. The third-order valence-electron chi connectivity index (χ3n) is 5.85. The lowest BCUT2D eigenvalue weighted by atomic mass is 9.93. The van der Waals surface area contributed by atoms with E-state index in [9.17, 15) is 14.4 Å². The summed E-state index contributed by atoms with van der Waals surface area (Å²) in [7, 11) is 0. The van der Waals surface area contributed by atoms with Crippen LogP contribution < -0.4 is 16.1 Å². The molecule has 8 nitrogen and oxygen atoms in total. The van der Waals surface area contributed by atoms with Crippen LogP contribution in [0.1, 0.15) is 32.8 Å². The fourth-order valence-electron chi connectivity index (χ4n) is 3.80. The number of ether oxygens (including phenoxy) is 1. The molecule has 2 fully saturated rings. The summed E-state index contributed by atoms with van der Waals surface area (Å²) >= 11 is 1.90. The molecule has 0 saturated carbocycles. The van der Waals surface area contributed by atoms with Crippen molar-refractivity contribution < 1.29 is 19.1 Å². The number of carbonyl (C=O) groups is 3. The second-order valence-corrected chi connectivity index (χ2v) is 10.5. The molecule has 0 aliphatic carbocycles. The van der Waals surface area contributed by atoms with Crippen molar-refractivity contribution in [3.63, 3.8) is 0 Å². The maximum absolute atomic E-state index is 13.3. The van der Waals surface area contributed by atoms with Gasteiger partial charge in [0, 0.05) is 31.0 Å². The largest absolute Gasteiger partial charge is 0.361 e. The zero-order valence-electron chi connectivity index (χ0n) is 19.8. The average molecular weight is 477 g/mol. The Morgan fingerprint density at radius 2 is 1.76 bits per heavy atom. The summed E-state index contributed by atoms with van der Waals surface area (Å²) in [4.78, 5) is 38.9. The zero-order valence-corrected chi connectivity index (χ0v) is 20.6. The van der Waals surface area contributed by atoms with Gasteiger partial charge in [0.2, 0.25) is 11.8 Å². The molecule has 2 aliphatic rings. The van der Waals surface area contributed by atoms with Gasteiger partial charge in [-0.15, -0.1) is 0 Å². The van der Waals surface area contributed by atoms with Crippen LogP contribution in [0.25, 0.3) is 0 Å². The highest BCUT2D eigenvalue weighted by molar-refractivity contribution is 7.99. The van der Waals surface area contributed by atoms with Gasteiger partial charge >= 0.3 is 0 Å². The molecule has 0 bridgehead atoms. The second kappa shape index (κ2) is 12.0. The van der Waals surface area contributed by atoms with E-state index in [1.54, 1.807) is 6.92 Å². The lowest BCUT2D eigenvalue weighted by Crippen LogP contribution is -2.56. The van der Waals surface area contributed by atoms with E-state index in [1.165, 1.54) is 0 Å². The summed E-state index contributed by atoms with van der Waals surface area (Å²) in [6.07, 6.45) is 0.860. The first-order valence-corrected chi connectivity index (χ1v) is 12.8. The van der Waals surface area contributed by atoms with Crippen molar-refractivity contribution >= 4 is 29.4 Å². The Hall–Kier alpha value is -1.94. The van der Waals surface area contributed by atoms with Crippen LogP contribution in [-0.2, 0) is 25.5 Å². The summed E-state index contributed by atoms with van der Waals surface area (Å²) in [6, 6.07) is 8.12. The Kier molecular flexibility index (Phi) is 9.31. The lowest BCUT2D eigenvalue weighted by Gasteiger charge is -2.27. The molecule has 2 aliphatic heterocycles. The molecule has 2 saturated heterocycles. The number of nitrogens with one attached hydrogen (secondary N) is 3. The van der Waals surface area contributed by atoms with Crippen molar-refractivity contribution in [2.75, 3.05) is 37.7 Å². The smallest absolute Gasteiger partial charge is 0.243 e. The molecule has 182 valence electrons. The molecule has 3 N–H and O–H groups in total. The standard InChI is InChI=1S/C24H36N4O4S/c1-17(2)13-19(22(30)24(3)16-32-24)27-23(31)20(14-18-7-5-4-6-8-18)26-21(29)15-25-28-9-11-33-12-10-28/h4-8,17,19-20,25H,9-16H2,1-3H3,(H,26,29)(H,27,31)/t19-,20-,24+/m0/s1. The minimum atomic E-state index is -0.818. The summed E-state index contributed by atoms with van der Waals surface area (Å²) in [6.45, 7) is 8.01. The number of epoxide rings is 1. The number of rotatable bonds is 12. The van der Waals surface area contributed by atoms with Gasteiger partial charge in [0.05, 0.1) is 19.2 Å². The van der Waals surface area contributed by atoms with E-state index in [2.05, 4.69) is 16.1 Å². The van der Waals surface area contributed by atoms with Crippen LogP contribution in [0.4, 0.5) is 0 Å². The van der Waals surface area contributed by atoms with Crippen LogP contribution in [0.15, 0.2) is 30.3 Å². The number of thioether (sulfide) groups is 1. The Morgan fingerprint density at radius 3 is 2.36 bits per heavy atom. The van der Waals surface area contributed by atoms with E-state index < -0.39 is 17.7 Å². The molecule has 0 radical (unpaired) electrons. The lowest BCUT2D eigenvalue weighted by molar-refractivity contribution is -0.133. The number of hydrazine groups is 1. The fraction of sp³-hybridized carbons (Fsp3) is 0.625. The quantitative estimate of drug-likeness (QED) is 0.389. The highest BCUT2D eigenvalue weighted by atomic mass is 32.2. The molecule has 3 rings (SSSR count). The van der Waals surface area contributed by atoms with E-state index in [1.807, 2.05) is 61.0 Å². The van der Waals surface area contributed by atoms with Gasteiger partial charge in [0.15, 0.2) is 5.78 Å². The Bertz CT molecular complexity index is 810. The van der Waals surface area contributed by atoms with Crippen LogP contribution in [0, 0.1) is 5.92 Å². The molecule has 0 spiro atoms. The van der Waals surface area contributed by atoms with Crippen molar-refractivity contribution in [1.82, 2.24) is 21.1 Å². The summed E-state index contributed by atoms with van der Waals surface area (Å²) in [5.74, 6) is 1.55. The van der Waals surface area contributed by atoms with E-state index in [4.69, 9.17) is 4.74 Å². The van der Waals surface area contributed by atoms with E-state index in [-0.39, 0.29) is 30.1 Å². The van der Waals surface area contributed by atoms with Gasteiger partial charge in [0.25, 0.3) is 0 Å². The Labute approximate surface area is 200 Å². The summed E-state index contributed by atoms with van der Waals surface area (Å²) in [5, 5.41) is 7.82. The van der Waals surface area contributed by atoms with Crippen molar-refractivity contribution in [3.05, 3.63) is 35.9 Å². The normalized spacial score (nSPS) is 22.4. The van der Waals surface area contributed by atoms with Crippen molar-refractivity contribution in [2.24, 2.45) is 5.92 Å². The van der Waals surface area contributed by atoms with Gasteiger partial charge in [-0.2, -0.15) is 11.8 Å². The molecule has 1 aromatic carbocycles. The number of hydrogen-bond donors (Lipinski definition) is 3. The summed E-state index contributed by atoms with van der Waals surface area (Å²) in [5.41, 5.74) is 3.26. The first-order valence-electron chi connectivity index (χ1n) is 11.6. The first kappa shape index (κ1) is 25.7. The van der Waals surface area contributed by atoms with Gasteiger partial charge in [-0.25, -0.2) is 10.4 Å². The molecule has 9 heteroatoms. The minimum absolute atomic E-state index is 0.101. The third kappa shape index (κ3) is 8.10. The molecular formula is C24H36N4O4S. The number of nitrogens with zero attached hydrogens (tertiary/aromatic N) is 1. The molecule has 0 aromatic heterocycles. The van der Waals surface area contributed by atoms with Crippen LogP contribution in [0.2, 0.25) is 0 Å². The number of Topliss-reactive ketones (excluding diaryl/α,β-unsaturated/α-hetero) is 1. The molecule has 1 aromatic rings. The highest BCUT2D eigenvalue weighted by Crippen LogP contribution is 2.29. The number of hydrogen-bond acceptors (Lipinski definition) is 7. The number of amides is 2. The molecule has 3 atom stereocenters. The van der Waals surface area contributed by atoms with Gasteiger partial charge in [-0.05, 0) is 24.8 Å². The fourth-order valence-corrected chi connectivity index (χ4v) is 4.71. The van der Waals surface area contributed by atoms with Crippen LogP contribution in [-0.4, -0.2) is 78.0 Å². The van der Waals surface area contributed by atoms with Crippen molar-refractivity contribution in [2.45, 2.75) is 51.3 Å². The van der Waals surface area contributed by atoms with Crippen molar-refractivity contribution in [3.8, 4) is 0 Å². The molecular weight excluding hydrogens is 440 g/mol. The monoisotopic (exact) mass is 476 g/mol. The SMILES string of the molecule is CC(C)C[C@H](NC(=O)[C@H](Cc1ccccc1)NC(=O)CNN1CCSCC1)C(=O)[C@@]1(C)CO1. The first-order chi connectivity index (χ1) is 15.8. The molecule has 33 heavy (non-hydrogen) atoms. The number of ketones is 1. The van der Waals surface area contributed by atoms with Crippen molar-refractivity contribution in [1.29, 1.82) is 0 Å². The third-order valence-corrected chi connectivity index (χ3v) is 6.79. The predicted molar refractivity (Wildman–Crippen MR) is 130 cm³/mol. The van der Waals surface area contributed by atoms with Crippen LogP contribution in [0.3, 0.4) is 0 Å². The van der Waals surface area contributed by atoms with Crippen LogP contribution >= 0.6 is 11.8 Å². The topological polar surface area (TPSA) is 103 Å². The van der Waals surface area contributed by atoms with Gasteiger partial charge < -0.3 is 15.4 Å². The maximum Gasteiger partial charge on any atom is 0.243 e. The van der Waals surface area contributed by atoms with Gasteiger partial charge in [-0.3, -0.25) is 14.4 Å². The van der Waals surface area contributed by atoms with Gasteiger partial charge in [-0.1, -0.05) is 44.2 Å².